The number of rotatable bonds is 6. The van der Waals surface area contributed by atoms with Crippen LogP contribution in [0.2, 0.25) is 0 Å². The molecule has 2 aromatic rings. The lowest BCUT2D eigenvalue weighted by molar-refractivity contribution is -0.131. The molecule has 0 aliphatic heterocycles. The van der Waals surface area contributed by atoms with E-state index in [4.69, 9.17) is 9.84 Å². The van der Waals surface area contributed by atoms with Gasteiger partial charge in [-0.2, -0.15) is 0 Å². The first-order valence-corrected chi connectivity index (χ1v) is 6.89. The fourth-order valence-corrected chi connectivity index (χ4v) is 1.95. The molecule has 22 heavy (non-hydrogen) atoms. The van der Waals surface area contributed by atoms with Crippen LogP contribution in [0.3, 0.4) is 0 Å². The first kappa shape index (κ1) is 15.5. The number of carboxylic acid groups (broad SMARTS) is 1. The van der Waals surface area contributed by atoms with E-state index in [1.54, 1.807) is 48.5 Å². The number of ketones is 1. The molecule has 0 fully saturated rings. The highest BCUT2D eigenvalue weighted by molar-refractivity contribution is 6.09. The number of carbonyl (C=O) groups is 2. The minimum absolute atomic E-state index is 0.0863. The van der Waals surface area contributed by atoms with Gasteiger partial charge in [-0.05, 0) is 42.8 Å². The summed E-state index contributed by atoms with van der Waals surface area (Å²) in [7, 11) is 0. The van der Waals surface area contributed by atoms with E-state index < -0.39 is 5.97 Å². The second kappa shape index (κ2) is 7.22. The van der Waals surface area contributed by atoms with Gasteiger partial charge in [-0.3, -0.25) is 4.79 Å². The number of ether oxygens (including phenoxy) is 1. The Labute approximate surface area is 128 Å². The van der Waals surface area contributed by atoms with Crippen LogP contribution in [0, 0.1) is 0 Å². The van der Waals surface area contributed by atoms with Crippen LogP contribution < -0.4 is 4.74 Å². The maximum Gasteiger partial charge on any atom is 0.328 e. The summed E-state index contributed by atoms with van der Waals surface area (Å²) in [5.41, 5.74) is 1.86. The second-order valence-corrected chi connectivity index (χ2v) is 4.58. The van der Waals surface area contributed by atoms with Crippen molar-refractivity contribution in [2.24, 2.45) is 0 Å². The van der Waals surface area contributed by atoms with Crippen molar-refractivity contribution in [1.29, 1.82) is 0 Å². The molecule has 0 spiro atoms. The number of hydrogen-bond donors (Lipinski definition) is 1. The van der Waals surface area contributed by atoms with Gasteiger partial charge in [0, 0.05) is 17.2 Å². The van der Waals surface area contributed by atoms with Gasteiger partial charge in [0.15, 0.2) is 5.78 Å². The topological polar surface area (TPSA) is 63.6 Å². The maximum absolute atomic E-state index is 12.3. The third kappa shape index (κ3) is 4.06. The van der Waals surface area contributed by atoms with E-state index in [2.05, 4.69) is 0 Å². The van der Waals surface area contributed by atoms with Gasteiger partial charge in [0.25, 0.3) is 0 Å². The fraction of sp³-hybridized carbons (Fsp3) is 0.111. The number of aliphatic carboxylic acids is 1. The van der Waals surface area contributed by atoms with Gasteiger partial charge in [-0.1, -0.05) is 24.3 Å². The van der Waals surface area contributed by atoms with Crippen molar-refractivity contribution in [3.63, 3.8) is 0 Å². The summed E-state index contributed by atoms with van der Waals surface area (Å²) in [5.74, 6) is -0.362. The Morgan fingerprint density at radius 2 is 1.55 bits per heavy atom. The summed E-state index contributed by atoms with van der Waals surface area (Å²) >= 11 is 0. The zero-order valence-electron chi connectivity index (χ0n) is 12.2. The maximum atomic E-state index is 12.3. The smallest absolute Gasteiger partial charge is 0.328 e. The zero-order valence-corrected chi connectivity index (χ0v) is 12.2. The molecule has 1 N–H and O–H groups in total. The quantitative estimate of drug-likeness (QED) is 0.655. The Bertz CT molecular complexity index is 682. The van der Waals surface area contributed by atoms with Gasteiger partial charge in [-0.15, -0.1) is 0 Å². The van der Waals surface area contributed by atoms with Crippen molar-refractivity contribution in [2.75, 3.05) is 6.61 Å². The third-order valence-corrected chi connectivity index (χ3v) is 3.02. The normalized spacial score (nSPS) is 10.6. The van der Waals surface area contributed by atoms with Crippen molar-refractivity contribution in [3.05, 3.63) is 71.3 Å². The van der Waals surface area contributed by atoms with E-state index >= 15 is 0 Å². The summed E-state index contributed by atoms with van der Waals surface area (Å²) in [5, 5.41) is 8.58. The monoisotopic (exact) mass is 296 g/mol. The number of carboxylic acids is 1. The lowest BCUT2D eigenvalue weighted by atomic mass is 10.0. The van der Waals surface area contributed by atoms with Crippen LogP contribution in [-0.2, 0) is 4.79 Å². The molecule has 2 aromatic carbocycles. The molecule has 4 nitrogen and oxygen atoms in total. The third-order valence-electron chi connectivity index (χ3n) is 3.02. The Morgan fingerprint density at radius 1 is 1.00 bits per heavy atom. The molecule has 2 rings (SSSR count). The second-order valence-electron chi connectivity index (χ2n) is 4.58. The largest absolute Gasteiger partial charge is 0.494 e. The van der Waals surface area contributed by atoms with Crippen LogP contribution in [0.4, 0.5) is 0 Å². The standard InChI is InChI=1S/C18H16O4/c1-2-22-16-10-8-15(9-11-16)18(21)14-6-3-13(4-7-14)5-12-17(19)20/h3-12H,2H2,1H3,(H,19,20). The molecular weight excluding hydrogens is 280 g/mol. The molecule has 0 bridgehead atoms. The van der Waals surface area contributed by atoms with Gasteiger partial charge >= 0.3 is 5.97 Å². The number of benzene rings is 2. The highest BCUT2D eigenvalue weighted by Crippen LogP contribution is 2.16. The lowest BCUT2D eigenvalue weighted by Gasteiger charge is -2.05. The number of carbonyl (C=O) groups excluding carboxylic acids is 1. The Balaban J connectivity index is 2.13. The number of hydrogen-bond acceptors (Lipinski definition) is 3. The summed E-state index contributed by atoms with van der Waals surface area (Å²) in [6, 6.07) is 13.8. The SMILES string of the molecule is CCOc1ccc(C(=O)c2ccc(C=CC(=O)O)cc2)cc1. The molecule has 112 valence electrons. The fourth-order valence-electron chi connectivity index (χ4n) is 1.95. The van der Waals surface area contributed by atoms with Crippen LogP contribution >= 0.6 is 0 Å². The van der Waals surface area contributed by atoms with Crippen molar-refractivity contribution in [1.82, 2.24) is 0 Å². The molecule has 0 saturated heterocycles. The highest BCUT2D eigenvalue weighted by atomic mass is 16.5. The average molecular weight is 296 g/mol. The van der Waals surface area contributed by atoms with E-state index in [0.717, 1.165) is 17.4 Å². The Hall–Kier alpha value is -2.88. The molecule has 0 saturated carbocycles. The van der Waals surface area contributed by atoms with Crippen LogP contribution in [0.5, 0.6) is 5.75 Å². The first-order valence-electron chi connectivity index (χ1n) is 6.89. The molecular formula is C18H16O4. The summed E-state index contributed by atoms with van der Waals surface area (Å²) < 4.78 is 5.34. The van der Waals surface area contributed by atoms with Crippen molar-refractivity contribution in [3.8, 4) is 5.75 Å². The van der Waals surface area contributed by atoms with E-state index in [1.165, 1.54) is 6.08 Å². The van der Waals surface area contributed by atoms with Gasteiger partial charge in [0.05, 0.1) is 6.61 Å². The van der Waals surface area contributed by atoms with Crippen LogP contribution in [-0.4, -0.2) is 23.5 Å². The first-order chi connectivity index (χ1) is 10.6. The van der Waals surface area contributed by atoms with E-state index in [1.807, 2.05) is 6.92 Å². The predicted molar refractivity (Wildman–Crippen MR) is 84.2 cm³/mol. The molecule has 0 unspecified atom stereocenters. The van der Waals surface area contributed by atoms with Gasteiger partial charge in [0.1, 0.15) is 5.75 Å². The van der Waals surface area contributed by atoms with E-state index in [-0.39, 0.29) is 5.78 Å². The van der Waals surface area contributed by atoms with Gasteiger partial charge in [0.2, 0.25) is 0 Å². The van der Waals surface area contributed by atoms with E-state index in [0.29, 0.717) is 17.7 Å². The molecule has 0 heterocycles. The van der Waals surface area contributed by atoms with Gasteiger partial charge < -0.3 is 9.84 Å². The van der Waals surface area contributed by atoms with E-state index in [9.17, 15) is 9.59 Å². The van der Waals surface area contributed by atoms with Crippen LogP contribution in [0.1, 0.15) is 28.4 Å². The van der Waals surface area contributed by atoms with Crippen molar-refractivity contribution in [2.45, 2.75) is 6.92 Å². The summed E-state index contributed by atoms with van der Waals surface area (Å²) in [4.78, 5) is 22.8. The molecule has 0 aliphatic rings. The van der Waals surface area contributed by atoms with Crippen molar-refractivity contribution < 1.29 is 19.4 Å². The predicted octanol–water partition coefficient (Wildman–Crippen LogP) is 3.41. The molecule has 0 radical (unpaired) electrons. The molecule has 4 heteroatoms. The molecule has 0 aliphatic carbocycles. The minimum Gasteiger partial charge on any atom is -0.494 e. The lowest BCUT2D eigenvalue weighted by Crippen LogP contribution is -2.01. The molecule has 0 amide bonds. The Morgan fingerprint density at radius 3 is 2.05 bits per heavy atom. The molecule has 0 atom stereocenters. The Kier molecular flexibility index (Phi) is 5.09. The zero-order chi connectivity index (χ0) is 15.9. The van der Waals surface area contributed by atoms with Crippen molar-refractivity contribution >= 4 is 17.8 Å². The van der Waals surface area contributed by atoms with Crippen LogP contribution in [0.25, 0.3) is 6.08 Å². The minimum atomic E-state index is -1.01. The highest BCUT2D eigenvalue weighted by Gasteiger charge is 2.08. The van der Waals surface area contributed by atoms with Gasteiger partial charge in [-0.25, -0.2) is 4.79 Å². The average Bonchev–Trinajstić information content (AvgIpc) is 2.54. The summed E-state index contributed by atoms with van der Waals surface area (Å²) in [6.45, 7) is 2.48. The molecule has 0 aromatic heterocycles. The van der Waals surface area contributed by atoms with Crippen LogP contribution in [0.15, 0.2) is 54.6 Å². The summed E-state index contributed by atoms with van der Waals surface area (Å²) in [6.07, 6.45) is 2.54.